The van der Waals surface area contributed by atoms with Gasteiger partial charge in [0.25, 0.3) is 0 Å². The Morgan fingerprint density at radius 2 is 1.58 bits per heavy atom. The lowest BCUT2D eigenvalue weighted by Crippen LogP contribution is -2.24. The lowest BCUT2D eigenvalue weighted by molar-refractivity contribution is 0.171. The third-order valence-electron chi connectivity index (χ3n) is 5.16. The molecule has 0 saturated heterocycles. The van der Waals surface area contributed by atoms with Crippen LogP contribution in [0.3, 0.4) is 0 Å². The van der Waals surface area contributed by atoms with E-state index in [1.807, 2.05) is 42.5 Å². The molecular weight excluding hydrogens is 422 g/mol. The van der Waals surface area contributed by atoms with Crippen LogP contribution in [-0.4, -0.2) is 19.2 Å². The Balaban J connectivity index is 1.42. The van der Waals surface area contributed by atoms with Gasteiger partial charge < -0.3 is 24.5 Å². The third-order valence-corrected chi connectivity index (χ3v) is 5.16. The number of carbonyl (C=O) groups excluding carboxylic acids is 1. The maximum Gasteiger partial charge on any atom is 0.362 e. The molecule has 33 heavy (non-hydrogen) atoms. The van der Waals surface area contributed by atoms with Crippen molar-refractivity contribution in [2.75, 3.05) is 29.2 Å². The molecule has 3 N–H and O–H groups in total. The Bertz CT molecular complexity index is 1370. The van der Waals surface area contributed by atoms with Gasteiger partial charge in [0.2, 0.25) is 0 Å². The van der Waals surface area contributed by atoms with Crippen LogP contribution in [0.2, 0.25) is 0 Å². The zero-order valence-electron chi connectivity index (χ0n) is 17.6. The molecule has 166 valence electrons. The predicted octanol–water partition coefficient (Wildman–Crippen LogP) is 4.82. The molecule has 0 aliphatic carbocycles. The number of fused-ring (bicyclic) bond motifs is 2. The molecular formula is C25H21N3O5. The van der Waals surface area contributed by atoms with Crippen LogP contribution in [0.5, 0.6) is 11.5 Å². The van der Waals surface area contributed by atoms with Gasteiger partial charge in [0.05, 0.1) is 5.69 Å². The number of para-hydroxylation sites is 1. The van der Waals surface area contributed by atoms with Crippen molar-refractivity contribution in [1.82, 2.24) is 0 Å². The summed E-state index contributed by atoms with van der Waals surface area (Å²) >= 11 is 0. The molecule has 0 fully saturated rings. The van der Waals surface area contributed by atoms with Gasteiger partial charge in [0, 0.05) is 23.7 Å². The number of ether oxygens (including phenoxy) is 2. The summed E-state index contributed by atoms with van der Waals surface area (Å²) in [6.45, 7) is 1.39. The molecule has 0 radical (unpaired) electrons. The van der Waals surface area contributed by atoms with E-state index >= 15 is 0 Å². The molecule has 4 aromatic rings. The summed E-state index contributed by atoms with van der Waals surface area (Å²) < 4.78 is 16.5. The molecule has 8 heteroatoms. The topological polar surface area (TPSA) is 102 Å². The zero-order chi connectivity index (χ0) is 22.6. The van der Waals surface area contributed by atoms with Crippen LogP contribution in [0, 0.1) is 0 Å². The van der Waals surface area contributed by atoms with Gasteiger partial charge in [-0.15, -0.1) is 0 Å². The van der Waals surface area contributed by atoms with E-state index in [-0.39, 0.29) is 5.69 Å². The van der Waals surface area contributed by atoms with Gasteiger partial charge in [-0.05, 0) is 29.8 Å². The molecule has 5 rings (SSSR count). The van der Waals surface area contributed by atoms with Crippen molar-refractivity contribution in [2.24, 2.45) is 0 Å². The highest BCUT2D eigenvalue weighted by Gasteiger charge is 2.18. The molecule has 1 aromatic heterocycles. The molecule has 8 nitrogen and oxygen atoms in total. The van der Waals surface area contributed by atoms with E-state index in [1.165, 1.54) is 0 Å². The summed E-state index contributed by atoms with van der Waals surface area (Å²) in [6, 6.07) is 21.4. The predicted molar refractivity (Wildman–Crippen MR) is 126 cm³/mol. The minimum absolute atomic E-state index is 0.0275. The highest BCUT2D eigenvalue weighted by Crippen LogP contribution is 2.33. The average Bonchev–Trinajstić information content (AvgIpc) is 2.84. The highest BCUT2D eigenvalue weighted by molar-refractivity contribution is 6.05. The fraction of sp³-hybridized carbons (Fsp3) is 0.120. The standard InChI is InChI=1S/C25H21N3O5/c29-24-23(28-25(30)27-17-10-11-20-21(14-17)32-13-12-31-20)22(18-8-4-5-9-19(18)33-24)26-15-16-6-2-1-3-7-16/h1-11,14,26H,12-13,15H2,(H2,27,28,30). The van der Waals surface area contributed by atoms with Crippen molar-refractivity contribution < 1.29 is 18.7 Å². The van der Waals surface area contributed by atoms with Crippen LogP contribution in [0.1, 0.15) is 5.56 Å². The van der Waals surface area contributed by atoms with Crippen molar-refractivity contribution in [3.63, 3.8) is 0 Å². The molecule has 2 heterocycles. The number of nitrogens with one attached hydrogen (secondary N) is 3. The number of hydrogen-bond acceptors (Lipinski definition) is 6. The molecule has 0 bridgehead atoms. The van der Waals surface area contributed by atoms with E-state index in [0.717, 1.165) is 5.56 Å². The number of carbonyl (C=O) groups is 1. The van der Waals surface area contributed by atoms with E-state index in [9.17, 15) is 9.59 Å². The van der Waals surface area contributed by atoms with Crippen molar-refractivity contribution in [2.45, 2.75) is 6.54 Å². The van der Waals surface area contributed by atoms with Crippen molar-refractivity contribution in [3.8, 4) is 11.5 Å². The maximum absolute atomic E-state index is 12.8. The Morgan fingerprint density at radius 3 is 2.42 bits per heavy atom. The number of rotatable bonds is 5. The van der Waals surface area contributed by atoms with Crippen LogP contribution in [0.4, 0.5) is 21.9 Å². The smallest absolute Gasteiger partial charge is 0.362 e. The summed E-state index contributed by atoms with van der Waals surface area (Å²) in [4.78, 5) is 25.5. The number of anilines is 3. The summed E-state index contributed by atoms with van der Waals surface area (Å²) in [5, 5.41) is 9.34. The van der Waals surface area contributed by atoms with Crippen LogP contribution in [0.15, 0.2) is 82.0 Å². The second-order valence-electron chi connectivity index (χ2n) is 7.41. The fourth-order valence-electron chi connectivity index (χ4n) is 3.63. The van der Waals surface area contributed by atoms with Crippen LogP contribution >= 0.6 is 0 Å². The van der Waals surface area contributed by atoms with Crippen molar-refractivity contribution >= 4 is 34.1 Å². The van der Waals surface area contributed by atoms with Gasteiger partial charge in [0.15, 0.2) is 17.2 Å². The van der Waals surface area contributed by atoms with Crippen molar-refractivity contribution in [3.05, 3.63) is 88.8 Å². The summed E-state index contributed by atoms with van der Waals surface area (Å²) in [5.74, 6) is 1.17. The number of hydrogen-bond donors (Lipinski definition) is 3. The highest BCUT2D eigenvalue weighted by atomic mass is 16.6. The van der Waals surface area contributed by atoms with Gasteiger partial charge in [-0.1, -0.05) is 42.5 Å². The molecule has 1 aliphatic heterocycles. The van der Waals surface area contributed by atoms with Gasteiger partial charge >= 0.3 is 11.7 Å². The largest absolute Gasteiger partial charge is 0.486 e. The first-order valence-electron chi connectivity index (χ1n) is 10.5. The number of amides is 2. The van der Waals surface area contributed by atoms with E-state index in [1.54, 1.807) is 30.3 Å². The second kappa shape index (κ2) is 8.96. The zero-order valence-corrected chi connectivity index (χ0v) is 17.6. The van der Waals surface area contributed by atoms with Crippen LogP contribution < -0.4 is 31.0 Å². The first-order chi connectivity index (χ1) is 16.2. The van der Waals surface area contributed by atoms with Gasteiger partial charge in [-0.2, -0.15) is 0 Å². The maximum atomic E-state index is 12.8. The van der Waals surface area contributed by atoms with E-state index in [2.05, 4.69) is 16.0 Å². The summed E-state index contributed by atoms with van der Waals surface area (Å²) in [5.41, 5.74) is 1.82. The van der Waals surface area contributed by atoms with Gasteiger partial charge in [0.1, 0.15) is 18.8 Å². The average molecular weight is 443 g/mol. The van der Waals surface area contributed by atoms with Gasteiger partial charge in [-0.25, -0.2) is 9.59 Å². The fourth-order valence-corrected chi connectivity index (χ4v) is 3.63. The molecule has 0 saturated carbocycles. The summed E-state index contributed by atoms with van der Waals surface area (Å²) in [6.07, 6.45) is 0. The molecule has 0 atom stereocenters. The number of benzene rings is 3. The second-order valence-corrected chi connectivity index (χ2v) is 7.41. The normalized spacial score (nSPS) is 12.2. The van der Waals surface area contributed by atoms with E-state index in [4.69, 9.17) is 13.9 Å². The minimum Gasteiger partial charge on any atom is -0.486 e. The lowest BCUT2D eigenvalue weighted by Gasteiger charge is -2.19. The first-order valence-corrected chi connectivity index (χ1v) is 10.5. The molecule has 3 aromatic carbocycles. The molecule has 1 aliphatic rings. The lowest BCUT2D eigenvalue weighted by atomic mass is 10.1. The van der Waals surface area contributed by atoms with Crippen LogP contribution in [0.25, 0.3) is 11.0 Å². The molecule has 0 unspecified atom stereocenters. The Kier molecular flexibility index (Phi) is 5.55. The van der Waals surface area contributed by atoms with Gasteiger partial charge in [-0.3, -0.25) is 5.32 Å². The monoisotopic (exact) mass is 443 g/mol. The van der Waals surface area contributed by atoms with Crippen molar-refractivity contribution in [1.29, 1.82) is 0 Å². The minimum atomic E-state index is -0.651. The molecule has 2 amide bonds. The van der Waals surface area contributed by atoms with E-state index in [0.29, 0.717) is 53.6 Å². The quantitative estimate of drug-likeness (QED) is 0.382. The Hall–Kier alpha value is -4.46. The Morgan fingerprint density at radius 1 is 0.818 bits per heavy atom. The third kappa shape index (κ3) is 4.45. The SMILES string of the molecule is O=C(Nc1ccc2c(c1)OCCO2)Nc1c(NCc2ccccc2)c2ccccc2oc1=O. The van der Waals surface area contributed by atoms with E-state index < -0.39 is 11.7 Å². The number of urea groups is 1. The Labute approximate surface area is 189 Å². The first kappa shape index (κ1) is 20.4. The summed E-state index contributed by atoms with van der Waals surface area (Å²) in [7, 11) is 0. The van der Waals surface area contributed by atoms with Crippen LogP contribution in [-0.2, 0) is 6.54 Å². The molecule has 0 spiro atoms.